The van der Waals surface area contributed by atoms with Gasteiger partial charge in [-0.25, -0.2) is 0 Å². The van der Waals surface area contributed by atoms with Crippen molar-refractivity contribution in [1.29, 1.82) is 0 Å². The molecule has 2 aromatic heterocycles. The Morgan fingerprint density at radius 2 is 1.90 bits per heavy atom. The molecule has 3 aromatic rings. The second-order valence-electron chi connectivity index (χ2n) is 9.29. The summed E-state index contributed by atoms with van der Waals surface area (Å²) in [5.41, 5.74) is 3.68. The number of nitrogens with one attached hydrogen (secondary N) is 1. The van der Waals surface area contributed by atoms with Gasteiger partial charge >= 0.3 is 0 Å². The number of H-pyrrole nitrogens is 1. The van der Waals surface area contributed by atoms with E-state index in [-0.39, 0.29) is 0 Å². The molecule has 2 saturated heterocycles. The molecule has 31 heavy (non-hydrogen) atoms. The number of ether oxygens (including phenoxy) is 1. The van der Waals surface area contributed by atoms with E-state index in [1.807, 2.05) is 17.5 Å². The summed E-state index contributed by atoms with van der Waals surface area (Å²) in [6.07, 6.45) is 5.13. The molecule has 0 amide bonds. The smallest absolute Gasteiger partial charge is 0.0877 e. The number of rotatable bonds is 6. The predicted molar refractivity (Wildman–Crippen MR) is 127 cm³/mol. The molecular weight excluding hydrogens is 406 g/mol. The van der Waals surface area contributed by atoms with Gasteiger partial charge in [-0.15, -0.1) is 11.3 Å². The minimum absolute atomic E-state index is 0.296. The highest BCUT2D eigenvalue weighted by atomic mass is 32.1. The fourth-order valence-corrected chi connectivity index (χ4v) is 5.95. The van der Waals surface area contributed by atoms with Gasteiger partial charge in [0.15, 0.2) is 0 Å². The van der Waals surface area contributed by atoms with Crippen LogP contribution < -0.4 is 4.90 Å². The monoisotopic (exact) mass is 437 g/mol. The van der Waals surface area contributed by atoms with E-state index < -0.39 is 0 Å². The molecule has 7 heteroatoms. The lowest BCUT2D eigenvalue weighted by Gasteiger charge is -2.39. The van der Waals surface area contributed by atoms with E-state index in [4.69, 9.17) is 4.74 Å². The highest BCUT2D eigenvalue weighted by Crippen LogP contribution is 2.36. The maximum atomic E-state index is 6.17. The summed E-state index contributed by atoms with van der Waals surface area (Å²) in [5.74, 6) is 0.998. The topological polar surface area (TPSA) is 47.6 Å². The zero-order valence-electron chi connectivity index (χ0n) is 18.0. The molecule has 0 radical (unpaired) electrons. The summed E-state index contributed by atoms with van der Waals surface area (Å²) in [6, 6.07) is 8.72. The van der Waals surface area contributed by atoms with Gasteiger partial charge in [0.1, 0.15) is 0 Å². The number of aromatic amines is 1. The normalized spacial score (nSPS) is 23.6. The first-order valence-electron chi connectivity index (χ1n) is 11.6. The molecule has 3 aliphatic rings. The molecular formula is C24H31N5OS. The molecule has 1 aromatic carbocycles. The highest BCUT2D eigenvalue weighted by molar-refractivity contribution is 7.14. The number of nitrogens with zero attached hydrogens (tertiary/aromatic N) is 4. The molecule has 4 heterocycles. The number of anilines is 1. The Bertz CT molecular complexity index is 1020. The van der Waals surface area contributed by atoms with Gasteiger partial charge in [0, 0.05) is 79.3 Å². The maximum absolute atomic E-state index is 6.17. The highest BCUT2D eigenvalue weighted by Gasteiger charge is 2.28. The number of morpholine rings is 1. The number of piperazine rings is 1. The Morgan fingerprint density at radius 3 is 2.74 bits per heavy atom. The maximum Gasteiger partial charge on any atom is 0.0877 e. The molecule has 1 unspecified atom stereocenters. The minimum Gasteiger partial charge on any atom is -0.373 e. The van der Waals surface area contributed by atoms with Crippen LogP contribution in [-0.2, 0) is 4.74 Å². The lowest BCUT2D eigenvalue weighted by Crippen LogP contribution is -2.52. The average Bonchev–Trinajstić information content (AvgIpc) is 3.27. The lowest BCUT2D eigenvalue weighted by atomic mass is 10.1. The van der Waals surface area contributed by atoms with Gasteiger partial charge in [-0.1, -0.05) is 12.1 Å². The third-order valence-electron chi connectivity index (χ3n) is 6.98. The zero-order chi connectivity index (χ0) is 20.6. The third kappa shape index (κ3) is 4.37. The molecule has 0 bridgehead atoms. The van der Waals surface area contributed by atoms with Crippen LogP contribution >= 0.6 is 11.3 Å². The van der Waals surface area contributed by atoms with Crippen LogP contribution in [-0.4, -0.2) is 85.1 Å². The van der Waals surface area contributed by atoms with Crippen molar-refractivity contribution in [3.63, 3.8) is 0 Å². The van der Waals surface area contributed by atoms with Gasteiger partial charge in [-0.05, 0) is 30.9 Å². The summed E-state index contributed by atoms with van der Waals surface area (Å²) in [6.45, 7) is 9.96. The Balaban J connectivity index is 1.08. The average molecular weight is 438 g/mol. The number of hydrogen-bond donors (Lipinski definition) is 1. The van der Waals surface area contributed by atoms with Crippen LogP contribution in [0.4, 0.5) is 5.69 Å². The molecule has 1 aliphatic carbocycles. The third-order valence-corrected chi connectivity index (χ3v) is 7.93. The minimum atomic E-state index is 0.296. The van der Waals surface area contributed by atoms with Crippen molar-refractivity contribution in [3.05, 3.63) is 35.8 Å². The van der Waals surface area contributed by atoms with E-state index in [0.29, 0.717) is 6.10 Å². The second-order valence-corrected chi connectivity index (χ2v) is 10.2. The van der Waals surface area contributed by atoms with Gasteiger partial charge in [-0.3, -0.25) is 10.00 Å². The van der Waals surface area contributed by atoms with Gasteiger partial charge in [0.2, 0.25) is 0 Å². The number of fused-ring (bicyclic) bond motifs is 1. The number of hydrogen-bond acceptors (Lipinski definition) is 6. The summed E-state index contributed by atoms with van der Waals surface area (Å²) in [4.78, 5) is 9.08. The van der Waals surface area contributed by atoms with Crippen LogP contribution in [0.2, 0.25) is 0 Å². The van der Waals surface area contributed by atoms with Crippen molar-refractivity contribution in [2.75, 3.05) is 63.9 Å². The Labute approximate surface area is 187 Å². The summed E-state index contributed by atoms with van der Waals surface area (Å²) < 4.78 is 6.17. The first kappa shape index (κ1) is 19.7. The van der Waals surface area contributed by atoms with Crippen LogP contribution in [0.15, 0.2) is 35.8 Å². The van der Waals surface area contributed by atoms with Crippen molar-refractivity contribution >= 4 is 27.9 Å². The van der Waals surface area contributed by atoms with Gasteiger partial charge in [0.25, 0.3) is 0 Å². The SMILES string of the molecule is c1cc(-c2cc(N3CCOC(CN4CCN(CC5CC5)CC4)C3)cs2)c2cn[nH]c2c1. The van der Waals surface area contributed by atoms with E-state index >= 15 is 0 Å². The summed E-state index contributed by atoms with van der Waals surface area (Å²) in [5, 5.41) is 10.8. The molecule has 0 spiro atoms. The second kappa shape index (κ2) is 8.54. The molecule has 1 saturated carbocycles. The fourth-order valence-electron chi connectivity index (χ4n) is 4.99. The molecule has 3 fully saturated rings. The fraction of sp³-hybridized carbons (Fsp3) is 0.542. The number of benzene rings is 1. The van der Waals surface area contributed by atoms with Crippen LogP contribution in [0, 0.1) is 5.92 Å². The van der Waals surface area contributed by atoms with E-state index in [1.54, 1.807) is 0 Å². The molecule has 164 valence electrons. The van der Waals surface area contributed by atoms with Gasteiger partial charge in [0.05, 0.1) is 24.4 Å². The first-order chi connectivity index (χ1) is 15.3. The summed E-state index contributed by atoms with van der Waals surface area (Å²) in [7, 11) is 0. The van der Waals surface area contributed by atoms with Gasteiger partial charge in [-0.2, -0.15) is 5.10 Å². The molecule has 6 rings (SSSR count). The van der Waals surface area contributed by atoms with E-state index in [1.165, 1.54) is 67.1 Å². The zero-order valence-corrected chi connectivity index (χ0v) is 18.8. The quantitative estimate of drug-likeness (QED) is 0.639. The summed E-state index contributed by atoms with van der Waals surface area (Å²) >= 11 is 1.82. The Kier molecular flexibility index (Phi) is 5.44. The Hall–Kier alpha value is -1.93. The van der Waals surface area contributed by atoms with E-state index in [0.717, 1.165) is 37.7 Å². The molecule has 1 N–H and O–H groups in total. The number of aromatic nitrogens is 2. The molecule has 1 atom stereocenters. The van der Waals surface area contributed by atoms with Crippen molar-refractivity contribution in [1.82, 2.24) is 20.0 Å². The van der Waals surface area contributed by atoms with Crippen LogP contribution in [0.1, 0.15) is 12.8 Å². The van der Waals surface area contributed by atoms with Crippen LogP contribution in [0.25, 0.3) is 21.3 Å². The first-order valence-corrected chi connectivity index (χ1v) is 12.5. The van der Waals surface area contributed by atoms with Crippen molar-refractivity contribution in [2.24, 2.45) is 5.92 Å². The molecule has 2 aliphatic heterocycles. The molecule has 6 nitrogen and oxygen atoms in total. The largest absolute Gasteiger partial charge is 0.373 e. The standard InChI is InChI=1S/C24H31N5OS/c1-2-21(22-13-25-26-23(22)3-1)24-12-19(17-31-24)29-10-11-30-20(16-29)15-28-8-6-27(7-9-28)14-18-4-5-18/h1-3,12-13,17-18,20H,4-11,14-16H2,(H,25,26). The Morgan fingerprint density at radius 1 is 1.06 bits per heavy atom. The van der Waals surface area contributed by atoms with Crippen LogP contribution in [0.5, 0.6) is 0 Å². The van der Waals surface area contributed by atoms with Crippen molar-refractivity contribution in [2.45, 2.75) is 18.9 Å². The van der Waals surface area contributed by atoms with Crippen LogP contribution in [0.3, 0.4) is 0 Å². The van der Waals surface area contributed by atoms with E-state index in [9.17, 15) is 0 Å². The lowest BCUT2D eigenvalue weighted by molar-refractivity contribution is 0.00456. The van der Waals surface area contributed by atoms with E-state index in [2.05, 4.69) is 54.5 Å². The van der Waals surface area contributed by atoms with Gasteiger partial charge < -0.3 is 14.5 Å². The number of thiophene rings is 1. The predicted octanol–water partition coefficient (Wildman–Crippen LogP) is 3.52. The van der Waals surface area contributed by atoms with Crippen molar-refractivity contribution < 1.29 is 4.74 Å². The van der Waals surface area contributed by atoms with Crippen molar-refractivity contribution in [3.8, 4) is 10.4 Å².